The minimum Gasteiger partial charge on any atom is -0.461 e. The lowest BCUT2D eigenvalue weighted by molar-refractivity contribution is -0.138. The van der Waals surface area contributed by atoms with Crippen LogP contribution in [0, 0.1) is 17.8 Å². The SMILES string of the molecule is CCOC(=O)/C(N)=C1/C(=NCC(=O)C(C)CC)CC2CC12. The van der Waals surface area contributed by atoms with Gasteiger partial charge < -0.3 is 10.5 Å². The van der Waals surface area contributed by atoms with Crippen molar-refractivity contribution >= 4 is 17.5 Å². The van der Waals surface area contributed by atoms with Gasteiger partial charge in [0, 0.05) is 17.2 Å². The lowest BCUT2D eigenvalue weighted by Gasteiger charge is -2.10. The van der Waals surface area contributed by atoms with Gasteiger partial charge in [-0.15, -0.1) is 0 Å². The molecule has 5 heteroatoms. The highest BCUT2D eigenvalue weighted by atomic mass is 16.5. The smallest absolute Gasteiger partial charge is 0.354 e. The maximum absolute atomic E-state index is 11.9. The highest BCUT2D eigenvalue weighted by Gasteiger charge is 2.50. The van der Waals surface area contributed by atoms with Crippen LogP contribution in [0.5, 0.6) is 0 Å². The summed E-state index contributed by atoms with van der Waals surface area (Å²) < 4.78 is 4.97. The third-order valence-electron chi connectivity index (χ3n) is 4.43. The van der Waals surface area contributed by atoms with E-state index < -0.39 is 5.97 Å². The van der Waals surface area contributed by atoms with Crippen LogP contribution in [0.4, 0.5) is 0 Å². The second kappa shape index (κ2) is 6.41. The van der Waals surface area contributed by atoms with Crippen LogP contribution in [0.3, 0.4) is 0 Å². The number of hydrogen-bond acceptors (Lipinski definition) is 5. The molecule has 0 radical (unpaired) electrons. The van der Waals surface area contributed by atoms with Crippen molar-refractivity contribution in [3.8, 4) is 0 Å². The summed E-state index contributed by atoms with van der Waals surface area (Å²) in [4.78, 5) is 28.1. The normalized spacial score (nSPS) is 29.0. The average Bonchev–Trinajstić information content (AvgIpc) is 3.14. The molecular formula is C16H24N2O3. The van der Waals surface area contributed by atoms with E-state index in [1.807, 2.05) is 13.8 Å². The summed E-state index contributed by atoms with van der Waals surface area (Å²) in [5.41, 5.74) is 7.79. The fourth-order valence-corrected chi connectivity index (χ4v) is 2.78. The average molecular weight is 292 g/mol. The summed E-state index contributed by atoms with van der Waals surface area (Å²) in [6.07, 6.45) is 2.71. The summed E-state index contributed by atoms with van der Waals surface area (Å²) in [7, 11) is 0. The molecule has 0 spiro atoms. The molecule has 0 aliphatic heterocycles. The van der Waals surface area contributed by atoms with Crippen LogP contribution in [0.15, 0.2) is 16.3 Å². The van der Waals surface area contributed by atoms with Gasteiger partial charge in [0.05, 0.1) is 13.2 Å². The fraction of sp³-hybridized carbons (Fsp3) is 0.688. The molecule has 2 fully saturated rings. The van der Waals surface area contributed by atoms with Crippen LogP contribution in [0.25, 0.3) is 0 Å². The summed E-state index contributed by atoms with van der Waals surface area (Å²) in [6.45, 7) is 6.15. The Morgan fingerprint density at radius 3 is 2.76 bits per heavy atom. The predicted octanol–water partition coefficient (Wildman–Crippen LogP) is 1.86. The molecule has 0 saturated heterocycles. The number of esters is 1. The molecule has 0 heterocycles. The topological polar surface area (TPSA) is 81.8 Å². The summed E-state index contributed by atoms with van der Waals surface area (Å²) in [5, 5.41) is 0. The number of hydrogen-bond donors (Lipinski definition) is 1. The molecular weight excluding hydrogens is 268 g/mol. The van der Waals surface area contributed by atoms with Gasteiger partial charge in [-0.3, -0.25) is 9.79 Å². The molecule has 2 aliphatic rings. The standard InChI is InChI=1S/C16H24N2O3/c1-4-9(3)13(19)8-18-12-7-10-6-11(10)14(12)15(17)16(20)21-5-2/h9-11H,4-8,17H2,1-3H3/b15-14-,18-12?. The van der Waals surface area contributed by atoms with Crippen LogP contribution in [0.2, 0.25) is 0 Å². The monoisotopic (exact) mass is 292 g/mol. The number of nitrogens with two attached hydrogens (primary N) is 1. The number of rotatable bonds is 6. The zero-order chi connectivity index (χ0) is 15.6. The Bertz CT molecular complexity index is 508. The van der Waals surface area contributed by atoms with Crippen molar-refractivity contribution in [2.45, 2.75) is 40.0 Å². The molecule has 0 aromatic carbocycles. The highest BCUT2D eigenvalue weighted by Crippen LogP contribution is 2.54. The number of ether oxygens (including phenoxy) is 1. The van der Waals surface area contributed by atoms with Crippen LogP contribution >= 0.6 is 0 Å². The lowest BCUT2D eigenvalue weighted by atomic mass is 10.0. The van der Waals surface area contributed by atoms with Crippen molar-refractivity contribution in [1.82, 2.24) is 0 Å². The van der Waals surface area contributed by atoms with E-state index >= 15 is 0 Å². The molecule has 0 amide bonds. The van der Waals surface area contributed by atoms with Crippen molar-refractivity contribution in [2.24, 2.45) is 28.5 Å². The molecule has 0 bridgehead atoms. The highest BCUT2D eigenvalue weighted by molar-refractivity contribution is 6.10. The van der Waals surface area contributed by atoms with Gasteiger partial charge in [0.1, 0.15) is 5.70 Å². The Morgan fingerprint density at radius 2 is 2.14 bits per heavy atom. The number of nitrogens with zero attached hydrogens (tertiary/aromatic N) is 1. The lowest BCUT2D eigenvalue weighted by Crippen LogP contribution is -2.21. The largest absolute Gasteiger partial charge is 0.461 e. The van der Waals surface area contributed by atoms with E-state index in [2.05, 4.69) is 4.99 Å². The van der Waals surface area contributed by atoms with Gasteiger partial charge in [-0.25, -0.2) is 4.79 Å². The van der Waals surface area contributed by atoms with Gasteiger partial charge in [-0.1, -0.05) is 13.8 Å². The van der Waals surface area contributed by atoms with Crippen LogP contribution in [-0.2, 0) is 14.3 Å². The molecule has 2 N–H and O–H groups in total. The minimum atomic E-state index is -0.471. The molecule has 5 nitrogen and oxygen atoms in total. The Balaban J connectivity index is 2.14. The summed E-state index contributed by atoms with van der Waals surface area (Å²) in [5.74, 6) is 0.582. The molecule has 2 aliphatic carbocycles. The minimum absolute atomic E-state index is 0.0279. The van der Waals surface area contributed by atoms with Crippen molar-refractivity contribution in [1.29, 1.82) is 0 Å². The number of allylic oxidation sites excluding steroid dienone is 1. The first kappa shape index (κ1) is 15.7. The van der Waals surface area contributed by atoms with Crippen LogP contribution in [-0.4, -0.2) is 30.6 Å². The van der Waals surface area contributed by atoms with Gasteiger partial charge in [-0.05, 0) is 38.0 Å². The predicted molar refractivity (Wildman–Crippen MR) is 80.8 cm³/mol. The molecule has 3 atom stereocenters. The van der Waals surface area contributed by atoms with E-state index in [-0.39, 0.29) is 23.9 Å². The van der Waals surface area contributed by atoms with E-state index in [1.54, 1.807) is 6.92 Å². The Morgan fingerprint density at radius 1 is 1.43 bits per heavy atom. The van der Waals surface area contributed by atoms with Crippen LogP contribution < -0.4 is 5.73 Å². The first-order chi connectivity index (χ1) is 9.99. The fourth-order valence-electron chi connectivity index (χ4n) is 2.78. The van der Waals surface area contributed by atoms with E-state index in [0.717, 1.165) is 30.5 Å². The number of ketones is 1. The number of aliphatic imine (C=N–C) groups is 1. The Hall–Kier alpha value is -1.65. The number of carbonyl (C=O) groups is 2. The second-order valence-electron chi connectivity index (χ2n) is 5.89. The Labute approximate surface area is 125 Å². The molecule has 21 heavy (non-hydrogen) atoms. The molecule has 116 valence electrons. The van der Waals surface area contributed by atoms with Crippen molar-refractivity contribution in [3.05, 3.63) is 11.3 Å². The number of Topliss-reactive ketones (excluding diaryl/α,β-unsaturated/α-hetero) is 1. The van der Waals surface area contributed by atoms with Crippen molar-refractivity contribution in [2.75, 3.05) is 13.2 Å². The summed E-state index contributed by atoms with van der Waals surface area (Å²) >= 11 is 0. The number of fused-ring (bicyclic) bond motifs is 1. The van der Waals surface area contributed by atoms with E-state index in [9.17, 15) is 9.59 Å². The molecule has 2 saturated carbocycles. The molecule has 0 aromatic rings. The van der Waals surface area contributed by atoms with Crippen molar-refractivity contribution in [3.63, 3.8) is 0 Å². The zero-order valence-electron chi connectivity index (χ0n) is 13.0. The Kier molecular flexibility index (Phi) is 4.80. The maximum atomic E-state index is 11.9. The van der Waals surface area contributed by atoms with E-state index in [0.29, 0.717) is 18.4 Å². The first-order valence-electron chi connectivity index (χ1n) is 7.72. The zero-order valence-corrected chi connectivity index (χ0v) is 13.0. The van der Waals surface area contributed by atoms with E-state index in [4.69, 9.17) is 10.5 Å². The number of carbonyl (C=O) groups excluding carboxylic acids is 2. The summed E-state index contributed by atoms with van der Waals surface area (Å²) in [6, 6.07) is 0. The third-order valence-corrected chi connectivity index (χ3v) is 4.43. The van der Waals surface area contributed by atoms with Gasteiger partial charge in [0.25, 0.3) is 0 Å². The first-order valence-corrected chi connectivity index (χ1v) is 7.72. The quantitative estimate of drug-likeness (QED) is 0.598. The second-order valence-corrected chi connectivity index (χ2v) is 5.89. The van der Waals surface area contributed by atoms with Gasteiger partial charge in [0.2, 0.25) is 0 Å². The third kappa shape index (κ3) is 3.34. The molecule has 2 rings (SSSR count). The molecule has 0 aromatic heterocycles. The van der Waals surface area contributed by atoms with Gasteiger partial charge in [-0.2, -0.15) is 0 Å². The van der Waals surface area contributed by atoms with Crippen molar-refractivity contribution < 1.29 is 14.3 Å². The molecule has 3 unspecified atom stereocenters. The van der Waals surface area contributed by atoms with Crippen LogP contribution in [0.1, 0.15) is 40.0 Å². The van der Waals surface area contributed by atoms with Gasteiger partial charge >= 0.3 is 5.97 Å². The maximum Gasteiger partial charge on any atom is 0.354 e. The van der Waals surface area contributed by atoms with E-state index in [1.165, 1.54) is 0 Å². The van der Waals surface area contributed by atoms with Gasteiger partial charge in [0.15, 0.2) is 5.78 Å².